The van der Waals surface area contributed by atoms with E-state index in [9.17, 15) is 18.0 Å². The van der Waals surface area contributed by atoms with Crippen molar-refractivity contribution in [2.75, 3.05) is 13.1 Å². The smallest absolute Gasteiger partial charge is 0.337 e. The Kier molecular flexibility index (Phi) is 6.16. The molecule has 0 aliphatic carbocycles. The van der Waals surface area contributed by atoms with E-state index >= 15 is 0 Å². The Bertz CT molecular complexity index is 762. The number of hydrogen-bond donors (Lipinski definition) is 1. The summed E-state index contributed by atoms with van der Waals surface area (Å²) in [6.45, 7) is 2.64. The molecule has 0 aromatic heterocycles. The maximum absolute atomic E-state index is 12.3. The molecule has 0 saturated carbocycles. The highest BCUT2D eigenvalue weighted by Crippen LogP contribution is 2.28. The third kappa shape index (κ3) is 5.10. The van der Waals surface area contributed by atoms with Crippen LogP contribution < -0.4 is 5.32 Å². The fraction of sp³-hybridized carbons (Fsp3) is 0.381. The minimum absolute atomic E-state index is 0. The second kappa shape index (κ2) is 8.57. The van der Waals surface area contributed by atoms with Crippen molar-refractivity contribution >= 4 is 5.91 Å². The van der Waals surface area contributed by atoms with Gasteiger partial charge in [-0.1, -0.05) is 54.6 Å². The number of hydrogen-bond acceptors (Lipinski definition) is 2. The molecule has 0 unspecified atom stereocenters. The van der Waals surface area contributed by atoms with Crippen LogP contribution >= 0.6 is 0 Å². The zero-order valence-electron chi connectivity index (χ0n) is 15.0. The predicted octanol–water partition coefficient (Wildman–Crippen LogP) is 4.27. The standard InChI is InChI=1S/C14H18N2O.C7H5F3.H2/c17-14(13-6-3-8-15-13)16-9-7-11-4-1-2-5-12(11)10-16;8-7(9,10)6-4-2-1-3-5-6;/h1-2,4-5,13,15H,3,6-10H2;1-5H;1H/t13-;;/m1../s1. The van der Waals surface area contributed by atoms with Crippen LogP contribution in [-0.4, -0.2) is 29.9 Å². The van der Waals surface area contributed by atoms with E-state index in [1.807, 2.05) is 4.90 Å². The molecule has 6 heteroatoms. The third-order valence-corrected chi connectivity index (χ3v) is 4.90. The molecule has 0 bridgehead atoms. The van der Waals surface area contributed by atoms with Crippen LogP contribution in [0.4, 0.5) is 13.2 Å². The van der Waals surface area contributed by atoms with Gasteiger partial charge in [-0.2, -0.15) is 13.2 Å². The lowest BCUT2D eigenvalue weighted by molar-refractivity contribution is -0.137. The topological polar surface area (TPSA) is 32.3 Å². The molecule has 3 nitrogen and oxygen atoms in total. The number of amides is 1. The maximum atomic E-state index is 12.3. The Hall–Kier alpha value is -2.34. The summed E-state index contributed by atoms with van der Waals surface area (Å²) < 4.78 is 35.4. The zero-order chi connectivity index (χ0) is 19.3. The number of fused-ring (bicyclic) bond motifs is 1. The van der Waals surface area contributed by atoms with Crippen molar-refractivity contribution in [1.82, 2.24) is 10.2 Å². The molecule has 2 aromatic rings. The summed E-state index contributed by atoms with van der Waals surface area (Å²) in [4.78, 5) is 14.3. The summed E-state index contributed by atoms with van der Waals surface area (Å²) in [5.41, 5.74) is 2.11. The third-order valence-electron chi connectivity index (χ3n) is 4.90. The second-order valence-corrected chi connectivity index (χ2v) is 6.79. The van der Waals surface area contributed by atoms with Crippen molar-refractivity contribution in [3.05, 3.63) is 71.3 Å². The highest BCUT2D eigenvalue weighted by atomic mass is 19.4. The summed E-state index contributed by atoms with van der Waals surface area (Å²) >= 11 is 0. The quantitative estimate of drug-likeness (QED) is 0.804. The van der Waals surface area contributed by atoms with Crippen LogP contribution in [0.25, 0.3) is 0 Å². The summed E-state index contributed by atoms with van der Waals surface area (Å²) in [5.74, 6) is 0.289. The molecular formula is C21H25F3N2O. The lowest BCUT2D eigenvalue weighted by Gasteiger charge is -2.30. The highest BCUT2D eigenvalue weighted by molar-refractivity contribution is 5.82. The molecule has 1 saturated heterocycles. The van der Waals surface area contributed by atoms with Gasteiger partial charge in [-0.05, 0) is 36.9 Å². The maximum Gasteiger partial charge on any atom is 0.416 e. The van der Waals surface area contributed by atoms with Crippen LogP contribution in [0, 0.1) is 0 Å². The van der Waals surface area contributed by atoms with Crippen LogP contribution in [0.5, 0.6) is 0 Å². The normalized spacial score (nSPS) is 19.1. The van der Waals surface area contributed by atoms with Gasteiger partial charge in [0.15, 0.2) is 0 Å². The van der Waals surface area contributed by atoms with Gasteiger partial charge in [0.1, 0.15) is 0 Å². The van der Waals surface area contributed by atoms with E-state index < -0.39 is 11.7 Å². The van der Waals surface area contributed by atoms with Crippen LogP contribution in [0.1, 0.15) is 31.0 Å². The van der Waals surface area contributed by atoms with Gasteiger partial charge in [0.2, 0.25) is 5.91 Å². The van der Waals surface area contributed by atoms with Gasteiger partial charge in [-0.3, -0.25) is 4.79 Å². The zero-order valence-corrected chi connectivity index (χ0v) is 15.0. The van der Waals surface area contributed by atoms with E-state index in [0.717, 1.165) is 51.0 Å². The Morgan fingerprint density at radius 3 is 2.30 bits per heavy atom. The van der Waals surface area contributed by atoms with Gasteiger partial charge in [-0.15, -0.1) is 0 Å². The Morgan fingerprint density at radius 1 is 1.04 bits per heavy atom. The molecule has 1 N–H and O–H groups in total. The molecule has 146 valence electrons. The first-order valence-corrected chi connectivity index (χ1v) is 9.16. The monoisotopic (exact) mass is 378 g/mol. The summed E-state index contributed by atoms with van der Waals surface area (Å²) in [7, 11) is 0. The van der Waals surface area contributed by atoms with E-state index in [-0.39, 0.29) is 13.4 Å². The number of rotatable bonds is 1. The molecule has 4 rings (SSSR count). The predicted molar refractivity (Wildman–Crippen MR) is 100 cm³/mol. The summed E-state index contributed by atoms with van der Waals surface area (Å²) in [6, 6.07) is 14.9. The molecule has 0 radical (unpaired) electrons. The molecule has 2 aliphatic rings. The fourth-order valence-corrected chi connectivity index (χ4v) is 3.43. The van der Waals surface area contributed by atoms with Crippen molar-refractivity contribution in [2.45, 2.75) is 38.0 Å². The largest absolute Gasteiger partial charge is 0.416 e. The van der Waals surface area contributed by atoms with Crippen LogP contribution in [0.3, 0.4) is 0 Å². The lowest BCUT2D eigenvalue weighted by Crippen LogP contribution is -2.45. The molecule has 1 fully saturated rings. The number of benzene rings is 2. The molecule has 1 amide bonds. The molecule has 2 aromatic carbocycles. The van der Waals surface area contributed by atoms with Crippen molar-refractivity contribution in [2.24, 2.45) is 0 Å². The first-order valence-electron chi connectivity index (χ1n) is 9.16. The summed E-state index contributed by atoms with van der Waals surface area (Å²) in [6.07, 6.45) is -1.09. The van der Waals surface area contributed by atoms with Crippen molar-refractivity contribution < 1.29 is 19.4 Å². The van der Waals surface area contributed by atoms with Gasteiger partial charge in [0.25, 0.3) is 0 Å². The van der Waals surface area contributed by atoms with Crippen LogP contribution in [0.2, 0.25) is 0 Å². The molecule has 27 heavy (non-hydrogen) atoms. The molecule has 1 atom stereocenters. The molecule has 0 spiro atoms. The van der Waals surface area contributed by atoms with E-state index in [0.29, 0.717) is 0 Å². The van der Waals surface area contributed by atoms with E-state index in [4.69, 9.17) is 0 Å². The average molecular weight is 378 g/mol. The van der Waals surface area contributed by atoms with Gasteiger partial charge in [0.05, 0.1) is 11.6 Å². The number of carbonyl (C=O) groups excluding carboxylic acids is 1. The van der Waals surface area contributed by atoms with Crippen molar-refractivity contribution in [3.63, 3.8) is 0 Å². The van der Waals surface area contributed by atoms with Gasteiger partial charge in [-0.25, -0.2) is 0 Å². The minimum atomic E-state index is -4.21. The SMILES string of the molecule is FC(F)(F)c1ccccc1.O=C([C@H]1CCCN1)N1CCc2ccccc2C1.[HH]. The number of nitrogens with zero attached hydrogens (tertiary/aromatic N) is 1. The molecular weight excluding hydrogens is 353 g/mol. The highest BCUT2D eigenvalue weighted by Gasteiger charge is 2.30. The van der Waals surface area contributed by atoms with Crippen molar-refractivity contribution in [1.29, 1.82) is 0 Å². The van der Waals surface area contributed by atoms with E-state index in [1.54, 1.807) is 6.07 Å². The van der Waals surface area contributed by atoms with Crippen molar-refractivity contribution in [3.8, 4) is 0 Å². The lowest BCUT2D eigenvalue weighted by atomic mass is 9.99. The number of carbonyl (C=O) groups is 1. The number of halogens is 3. The average Bonchev–Trinajstić information content (AvgIpc) is 3.22. The van der Waals surface area contributed by atoms with Gasteiger partial charge < -0.3 is 10.2 Å². The Balaban J connectivity index is 0.000000221. The Labute approximate surface area is 158 Å². The second-order valence-electron chi connectivity index (χ2n) is 6.79. The summed E-state index contributed by atoms with van der Waals surface area (Å²) in [5, 5.41) is 3.29. The number of nitrogens with one attached hydrogen (secondary N) is 1. The Morgan fingerprint density at radius 2 is 1.70 bits per heavy atom. The van der Waals surface area contributed by atoms with Gasteiger partial charge >= 0.3 is 6.18 Å². The van der Waals surface area contributed by atoms with E-state index in [1.165, 1.54) is 23.3 Å². The van der Waals surface area contributed by atoms with Crippen LogP contribution in [0.15, 0.2) is 54.6 Å². The number of alkyl halides is 3. The van der Waals surface area contributed by atoms with E-state index in [2.05, 4.69) is 29.6 Å². The first-order chi connectivity index (χ1) is 12.9. The minimum Gasteiger partial charge on any atom is -0.337 e. The van der Waals surface area contributed by atoms with Crippen LogP contribution in [-0.2, 0) is 23.9 Å². The first kappa shape index (κ1) is 19.4. The van der Waals surface area contributed by atoms with Gasteiger partial charge in [0, 0.05) is 14.5 Å². The molecule has 2 heterocycles. The fourth-order valence-electron chi connectivity index (χ4n) is 3.43. The molecule has 2 aliphatic heterocycles.